The molecule has 0 bridgehead atoms. The van der Waals surface area contributed by atoms with Gasteiger partial charge in [0, 0.05) is 32.7 Å². The first-order valence-electron chi connectivity index (χ1n) is 3.92. The van der Waals surface area contributed by atoms with Gasteiger partial charge in [-0.3, -0.25) is 0 Å². The molecule has 0 spiro atoms. The van der Waals surface area contributed by atoms with Crippen molar-refractivity contribution < 1.29 is 32.7 Å². The Morgan fingerprint density at radius 1 is 1.30 bits per heavy atom. The molecule has 1 unspecified atom stereocenters. The van der Waals surface area contributed by atoms with Crippen LogP contribution in [0.5, 0.6) is 0 Å². The summed E-state index contributed by atoms with van der Waals surface area (Å²) in [5.41, 5.74) is 0.549. The van der Waals surface area contributed by atoms with Gasteiger partial charge >= 0.3 is 0 Å². The Balaban J connectivity index is 0.000000810. The standard InChI is InChI=1S/C9H17.Y/c1-9(2,3)8-6-4-5-7-8;/h4,8H,5-7H2,1-3H3;/q-1;. The molecule has 1 fully saturated rings. The van der Waals surface area contributed by atoms with Crippen LogP contribution in [-0.2, 0) is 32.7 Å². The molecule has 57 valence electrons. The molecule has 1 aliphatic carbocycles. The minimum Gasteiger partial charge on any atom is -0.328 e. The molecule has 0 nitrogen and oxygen atoms in total. The molecule has 1 saturated carbocycles. The summed E-state index contributed by atoms with van der Waals surface area (Å²) in [5.74, 6) is 0.956. The van der Waals surface area contributed by atoms with E-state index in [4.69, 9.17) is 0 Å². The zero-order valence-electron chi connectivity index (χ0n) is 7.35. The van der Waals surface area contributed by atoms with E-state index in [0.29, 0.717) is 5.41 Å². The maximum atomic E-state index is 2.43. The van der Waals surface area contributed by atoms with Crippen LogP contribution in [0.2, 0.25) is 0 Å². The van der Waals surface area contributed by atoms with E-state index in [1.807, 2.05) is 0 Å². The predicted molar refractivity (Wildman–Crippen MR) is 41.1 cm³/mol. The van der Waals surface area contributed by atoms with Crippen molar-refractivity contribution in [1.82, 2.24) is 0 Å². The molecule has 0 aromatic carbocycles. The summed E-state index contributed by atoms with van der Waals surface area (Å²) < 4.78 is 0. The van der Waals surface area contributed by atoms with Crippen LogP contribution < -0.4 is 0 Å². The largest absolute Gasteiger partial charge is 0.328 e. The van der Waals surface area contributed by atoms with E-state index < -0.39 is 0 Å². The number of hydrogen-bond acceptors (Lipinski definition) is 0. The van der Waals surface area contributed by atoms with E-state index in [1.165, 1.54) is 19.3 Å². The van der Waals surface area contributed by atoms with Crippen molar-refractivity contribution in [2.75, 3.05) is 0 Å². The van der Waals surface area contributed by atoms with Gasteiger partial charge in [0.1, 0.15) is 0 Å². The predicted octanol–water partition coefficient (Wildman–Crippen LogP) is 3.03. The summed E-state index contributed by atoms with van der Waals surface area (Å²) in [4.78, 5) is 0. The van der Waals surface area contributed by atoms with Gasteiger partial charge in [0.05, 0.1) is 0 Å². The Morgan fingerprint density at radius 2 is 1.90 bits per heavy atom. The molecule has 0 N–H and O–H groups in total. The average Bonchev–Trinajstić information content (AvgIpc) is 2.08. The Kier molecular flexibility index (Phi) is 4.67. The third-order valence-corrected chi connectivity index (χ3v) is 2.40. The molecular formula is C9H17Y-. The van der Waals surface area contributed by atoms with Crippen LogP contribution in [0.15, 0.2) is 0 Å². The first kappa shape index (κ1) is 11.1. The van der Waals surface area contributed by atoms with E-state index in [9.17, 15) is 0 Å². The SMILES string of the molecule is CC(C)(C)C1C[CH-]CC1.[Y]. The van der Waals surface area contributed by atoms with E-state index >= 15 is 0 Å². The van der Waals surface area contributed by atoms with Crippen LogP contribution >= 0.6 is 0 Å². The molecule has 1 rings (SSSR count). The van der Waals surface area contributed by atoms with Crippen molar-refractivity contribution >= 4 is 0 Å². The third kappa shape index (κ3) is 3.01. The zero-order valence-corrected chi connectivity index (χ0v) is 10.2. The topological polar surface area (TPSA) is 0 Å². The first-order chi connectivity index (χ1) is 4.11. The van der Waals surface area contributed by atoms with E-state index in [1.54, 1.807) is 0 Å². The summed E-state index contributed by atoms with van der Waals surface area (Å²) in [5, 5.41) is 0. The van der Waals surface area contributed by atoms with E-state index in [-0.39, 0.29) is 32.7 Å². The summed E-state index contributed by atoms with van der Waals surface area (Å²) in [6, 6.07) is 0. The summed E-state index contributed by atoms with van der Waals surface area (Å²) >= 11 is 0. The van der Waals surface area contributed by atoms with Gasteiger partial charge in [0.2, 0.25) is 0 Å². The van der Waals surface area contributed by atoms with Crippen molar-refractivity contribution in [3.05, 3.63) is 6.42 Å². The minimum absolute atomic E-state index is 0. The van der Waals surface area contributed by atoms with Crippen LogP contribution in [0, 0.1) is 17.8 Å². The number of hydrogen-bond donors (Lipinski definition) is 0. The van der Waals surface area contributed by atoms with Crippen molar-refractivity contribution in [2.45, 2.75) is 40.0 Å². The molecule has 0 aliphatic heterocycles. The maximum absolute atomic E-state index is 2.43. The van der Waals surface area contributed by atoms with Gasteiger partial charge in [-0.05, 0) is 5.41 Å². The normalized spacial score (nSPS) is 26.1. The Hall–Kier alpha value is 1.10. The molecule has 1 heteroatoms. The fourth-order valence-corrected chi connectivity index (χ4v) is 1.54. The molecular weight excluding hydrogens is 197 g/mol. The van der Waals surface area contributed by atoms with E-state index in [0.717, 1.165) is 5.92 Å². The molecule has 0 aromatic rings. The fourth-order valence-electron chi connectivity index (χ4n) is 1.54. The van der Waals surface area contributed by atoms with Gasteiger partial charge < -0.3 is 6.42 Å². The molecule has 0 heterocycles. The second-order valence-electron chi connectivity index (χ2n) is 4.16. The van der Waals surface area contributed by atoms with Crippen molar-refractivity contribution in [3.63, 3.8) is 0 Å². The fraction of sp³-hybridized carbons (Fsp3) is 0.889. The summed E-state index contributed by atoms with van der Waals surface area (Å²) in [7, 11) is 0. The minimum atomic E-state index is 0. The van der Waals surface area contributed by atoms with Crippen molar-refractivity contribution in [1.29, 1.82) is 0 Å². The van der Waals surface area contributed by atoms with Crippen LogP contribution in [0.3, 0.4) is 0 Å². The van der Waals surface area contributed by atoms with Crippen LogP contribution in [-0.4, -0.2) is 0 Å². The quantitative estimate of drug-likeness (QED) is 0.543. The Morgan fingerprint density at radius 3 is 2.10 bits per heavy atom. The van der Waals surface area contributed by atoms with Gasteiger partial charge in [-0.2, -0.15) is 12.8 Å². The maximum Gasteiger partial charge on any atom is 0 e. The third-order valence-electron chi connectivity index (χ3n) is 2.40. The van der Waals surface area contributed by atoms with Crippen LogP contribution in [0.4, 0.5) is 0 Å². The Bertz CT molecular complexity index is 85.4. The van der Waals surface area contributed by atoms with Crippen molar-refractivity contribution in [3.8, 4) is 0 Å². The Labute approximate surface area is 90.0 Å². The summed E-state index contributed by atoms with van der Waals surface area (Å²) in [6.45, 7) is 7.03. The molecule has 0 amide bonds. The van der Waals surface area contributed by atoms with Crippen LogP contribution in [0.1, 0.15) is 40.0 Å². The van der Waals surface area contributed by atoms with Gasteiger partial charge in [-0.1, -0.05) is 33.1 Å². The van der Waals surface area contributed by atoms with Crippen LogP contribution in [0.25, 0.3) is 0 Å². The average molecular weight is 214 g/mol. The van der Waals surface area contributed by atoms with E-state index in [2.05, 4.69) is 27.2 Å². The smallest absolute Gasteiger partial charge is 0 e. The van der Waals surface area contributed by atoms with Crippen molar-refractivity contribution in [2.24, 2.45) is 11.3 Å². The van der Waals surface area contributed by atoms with Gasteiger partial charge in [-0.15, -0.1) is 0 Å². The second-order valence-corrected chi connectivity index (χ2v) is 4.16. The van der Waals surface area contributed by atoms with Gasteiger partial charge in [0.15, 0.2) is 0 Å². The molecule has 0 aromatic heterocycles. The molecule has 0 saturated heterocycles. The molecule has 1 aliphatic rings. The van der Waals surface area contributed by atoms with Gasteiger partial charge in [-0.25, -0.2) is 0 Å². The first-order valence-corrected chi connectivity index (χ1v) is 3.92. The molecule has 10 heavy (non-hydrogen) atoms. The van der Waals surface area contributed by atoms with Gasteiger partial charge in [0.25, 0.3) is 0 Å². The summed E-state index contributed by atoms with van der Waals surface area (Å²) in [6.07, 6.45) is 6.55. The molecule has 1 radical (unpaired) electrons. The zero-order chi connectivity index (χ0) is 6.91. The monoisotopic (exact) mass is 214 g/mol. The molecule has 1 atom stereocenters. The number of rotatable bonds is 0. The second kappa shape index (κ2) is 4.21.